The highest BCUT2D eigenvalue weighted by molar-refractivity contribution is 6.43. The summed E-state index contributed by atoms with van der Waals surface area (Å²) in [6, 6.07) is 14.2. The minimum atomic E-state index is -0.510. The van der Waals surface area contributed by atoms with Gasteiger partial charge >= 0.3 is 5.97 Å². The molecule has 0 fully saturated rings. The lowest BCUT2D eigenvalue weighted by Gasteiger charge is -2.07. The third-order valence-electron chi connectivity index (χ3n) is 3.04. The van der Waals surface area contributed by atoms with Gasteiger partial charge in [-0.05, 0) is 36.4 Å². The lowest BCUT2D eigenvalue weighted by Crippen LogP contribution is -2.17. The first-order chi connectivity index (χ1) is 10.7. The van der Waals surface area contributed by atoms with E-state index >= 15 is 0 Å². The maximum absolute atomic E-state index is 12.0. The number of hydrogen-bond acceptors (Lipinski definition) is 5. The Bertz CT molecular complexity index is 677. The van der Waals surface area contributed by atoms with Crippen molar-refractivity contribution in [3.8, 4) is 11.5 Å². The highest BCUT2D eigenvalue weighted by Crippen LogP contribution is 2.20. The molecule has 0 N–H and O–H groups in total. The molecule has 0 saturated heterocycles. The highest BCUT2D eigenvalue weighted by Gasteiger charge is 2.15. The molecule has 0 radical (unpaired) electrons. The van der Waals surface area contributed by atoms with Gasteiger partial charge in [0.15, 0.2) is 5.71 Å². The molecule has 114 valence electrons. The zero-order chi connectivity index (χ0) is 15.9. The van der Waals surface area contributed by atoms with Crippen molar-refractivity contribution in [1.82, 2.24) is 0 Å². The van der Waals surface area contributed by atoms with Gasteiger partial charge in [-0.2, -0.15) is 0 Å². The van der Waals surface area contributed by atoms with E-state index in [0.717, 1.165) is 5.75 Å². The fraction of sp³-hybridized carbons (Fsp3) is 0.176. The third-order valence-corrected chi connectivity index (χ3v) is 3.04. The number of carbonyl (C=O) groups excluding carboxylic acids is 1. The van der Waals surface area contributed by atoms with Crippen LogP contribution in [0.15, 0.2) is 53.5 Å². The van der Waals surface area contributed by atoms with Gasteiger partial charge in [-0.1, -0.05) is 12.1 Å². The number of esters is 1. The van der Waals surface area contributed by atoms with Crippen molar-refractivity contribution in [2.75, 3.05) is 21.3 Å². The van der Waals surface area contributed by atoms with Crippen molar-refractivity contribution in [3.05, 3.63) is 54.1 Å². The number of rotatable bonds is 5. The first-order valence-electron chi connectivity index (χ1n) is 6.63. The average Bonchev–Trinajstić information content (AvgIpc) is 2.59. The Labute approximate surface area is 129 Å². The molecule has 2 rings (SSSR count). The van der Waals surface area contributed by atoms with Crippen LogP contribution in [-0.2, 0) is 9.53 Å². The number of nitrogens with zero attached hydrogens (tertiary/aromatic N) is 1. The molecule has 0 aliphatic rings. The van der Waals surface area contributed by atoms with Crippen LogP contribution >= 0.6 is 0 Å². The number of ether oxygens (including phenoxy) is 3. The van der Waals surface area contributed by atoms with E-state index in [2.05, 4.69) is 4.99 Å². The monoisotopic (exact) mass is 299 g/mol. The van der Waals surface area contributed by atoms with Crippen LogP contribution in [-0.4, -0.2) is 33.0 Å². The van der Waals surface area contributed by atoms with E-state index in [1.165, 1.54) is 7.11 Å². The standard InChI is InChI=1S/C17H17NO4/c1-20-14-9-7-13(8-10-14)18-16(17(19)22-3)12-5-4-6-15(11-12)21-2/h4-11H,1-3H3. The molecule has 2 aromatic carbocycles. The van der Waals surface area contributed by atoms with Crippen molar-refractivity contribution >= 4 is 17.4 Å². The molecule has 0 aromatic heterocycles. The Kier molecular flexibility index (Phi) is 5.14. The highest BCUT2D eigenvalue weighted by atomic mass is 16.5. The van der Waals surface area contributed by atoms with Crippen LogP contribution in [0.3, 0.4) is 0 Å². The molecule has 5 heteroatoms. The molecule has 22 heavy (non-hydrogen) atoms. The first kappa shape index (κ1) is 15.6. The number of hydrogen-bond donors (Lipinski definition) is 0. The smallest absolute Gasteiger partial charge is 0.357 e. The topological polar surface area (TPSA) is 57.1 Å². The van der Waals surface area contributed by atoms with Crippen LogP contribution < -0.4 is 9.47 Å². The summed E-state index contributed by atoms with van der Waals surface area (Å²) in [6.07, 6.45) is 0. The Balaban J connectivity index is 2.44. The molecule has 0 spiro atoms. The van der Waals surface area contributed by atoms with Gasteiger partial charge in [-0.15, -0.1) is 0 Å². The van der Waals surface area contributed by atoms with Gasteiger partial charge < -0.3 is 14.2 Å². The first-order valence-corrected chi connectivity index (χ1v) is 6.63. The Morgan fingerprint density at radius 3 is 2.18 bits per heavy atom. The molecule has 0 amide bonds. The predicted octanol–water partition coefficient (Wildman–Crippen LogP) is 3.00. The molecule has 0 aliphatic heterocycles. The second kappa shape index (κ2) is 7.26. The second-order valence-electron chi connectivity index (χ2n) is 4.38. The fourth-order valence-electron chi connectivity index (χ4n) is 1.88. The normalized spacial score (nSPS) is 11.0. The van der Waals surface area contributed by atoms with Crippen LogP contribution in [0.1, 0.15) is 5.56 Å². The van der Waals surface area contributed by atoms with E-state index in [9.17, 15) is 4.79 Å². The Morgan fingerprint density at radius 2 is 1.59 bits per heavy atom. The predicted molar refractivity (Wildman–Crippen MR) is 84.2 cm³/mol. The number of methoxy groups -OCH3 is 3. The summed E-state index contributed by atoms with van der Waals surface area (Å²) < 4.78 is 15.1. The molecule has 2 aromatic rings. The van der Waals surface area contributed by atoms with E-state index in [1.54, 1.807) is 62.8 Å². The molecule has 0 aliphatic carbocycles. The number of benzene rings is 2. The van der Waals surface area contributed by atoms with Gasteiger partial charge in [0.2, 0.25) is 0 Å². The molecule has 5 nitrogen and oxygen atoms in total. The zero-order valence-corrected chi connectivity index (χ0v) is 12.7. The second-order valence-corrected chi connectivity index (χ2v) is 4.38. The van der Waals surface area contributed by atoms with Crippen molar-refractivity contribution in [1.29, 1.82) is 0 Å². The molecule has 0 unspecified atom stereocenters. The molecule has 0 bridgehead atoms. The van der Waals surface area contributed by atoms with Crippen LogP contribution in [0.25, 0.3) is 0 Å². The summed E-state index contributed by atoms with van der Waals surface area (Å²) in [5.41, 5.74) is 1.47. The van der Waals surface area contributed by atoms with Crippen LogP contribution in [0.2, 0.25) is 0 Å². The molecule has 0 atom stereocenters. The molecule has 0 saturated carbocycles. The van der Waals surface area contributed by atoms with E-state index in [4.69, 9.17) is 14.2 Å². The minimum Gasteiger partial charge on any atom is -0.497 e. The summed E-state index contributed by atoms with van der Waals surface area (Å²) in [5.74, 6) is 0.854. The van der Waals surface area contributed by atoms with Crippen LogP contribution in [0.5, 0.6) is 11.5 Å². The largest absolute Gasteiger partial charge is 0.497 e. The van der Waals surface area contributed by atoms with Gasteiger partial charge in [0.05, 0.1) is 27.0 Å². The van der Waals surface area contributed by atoms with Gasteiger partial charge in [0.25, 0.3) is 0 Å². The van der Waals surface area contributed by atoms with E-state index in [0.29, 0.717) is 17.0 Å². The van der Waals surface area contributed by atoms with Gasteiger partial charge in [0, 0.05) is 5.56 Å². The van der Waals surface area contributed by atoms with E-state index in [1.807, 2.05) is 0 Å². The minimum absolute atomic E-state index is 0.214. The van der Waals surface area contributed by atoms with Crippen molar-refractivity contribution in [2.45, 2.75) is 0 Å². The zero-order valence-electron chi connectivity index (χ0n) is 12.7. The Morgan fingerprint density at radius 1 is 0.909 bits per heavy atom. The van der Waals surface area contributed by atoms with Crippen molar-refractivity contribution in [3.63, 3.8) is 0 Å². The number of carbonyl (C=O) groups is 1. The summed E-state index contributed by atoms with van der Waals surface area (Å²) in [7, 11) is 4.48. The lowest BCUT2D eigenvalue weighted by molar-refractivity contribution is -0.132. The molecular formula is C17H17NO4. The summed E-state index contributed by atoms with van der Waals surface area (Å²) in [4.78, 5) is 16.4. The molecule has 0 heterocycles. The maximum Gasteiger partial charge on any atom is 0.357 e. The van der Waals surface area contributed by atoms with Gasteiger partial charge in [-0.3, -0.25) is 0 Å². The van der Waals surface area contributed by atoms with Gasteiger partial charge in [-0.25, -0.2) is 9.79 Å². The number of aliphatic imine (C=N–C) groups is 1. The fourth-order valence-corrected chi connectivity index (χ4v) is 1.88. The van der Waals surface area contributed by atoms with Crippen molar-refractivity contribution < 1.29 is 19.0 Å². The summed E-state index contributed by atoms with van der Waals surface area (Å²) >= 11 is 0. The average molecular weight is 299 g/mol. The lowest BCUT2D eigenvalue weighted by atomic mass is 10.1. The maximum atomic E-state index is 12.0. The van der Waals surface area contributed by atoms with Crippen molar-refractivity contribution in [2.24, 2.45) is 4.99 Å². The SMILES string of the molecule is COC(=O)C(=Nc1ccc(OC)cc1)c1cccc(OC)c1. The van der Waals surface area contributed by atoms with E-state index in [-0.39, 0.29) is 5.71 Å². The third kappa shape index (κ3) is 3.63. The Hall–Kier alpha value is -2.82. The van der Waals surface area contributed by atoms with Crippen LogP contribution in [0, 0.1) is 0 Å². The summed E-state index contributed by atoms with van der Waals surface area (Å²) in [6.45, 7) is 0. The summed E-state index contributed by atoms with van der Waals surface area (Å²) in [5, 5.41) is 0. The molecular weight excluding hydrogens is 282 g/mol. The van der Waals surface area contributed by atoms with E-state index < -0.39 is 5.97 Å². The quantitative estimate of drug-likeness (QED) is 0.629. The van der Waals surface area contributed by atoms with Gasteiger partial charge in [0.1, 0.15) is 11.5 Å². The van der Waals surface area contributed by atoms with Crippen LogP contribution in [0.4, 0.5) is 5.69 Å².